The second-order valence-electron chi connectivity index (χ2n) is 4.95. The molecule has 0 bridgehead atoms. The number of ether oxygens (including phenoxy) is 1. The van der Waals surface area contributed by atoms with Crippen LogP contribution in [0.25, 0.3) is 0 Å². The van der Waals surface area contributed by atoms with Gasteiger partial charge in [0.2, 0.25) is 0 Å². The highest BCUT2D eigenvalue weighted by Crippen LogP contribution is 2.08. The Hall–Kier alpha value is -0.530. The molecule has 0 atom stereocenters. The van der Waals surface area contributed by atoms with Crippen molar-refractivity contribution in [1.82, 2.24) is 10.6 Å². The quantitative estimate of drug-likeness (QED) is 0.305. The SMILES string of the molecule is CN=C(NCCOCC(C)C)NCc1ccc(Cl)cc1.I. The van der Waals surface area contributed by atoms with Crippen molar-refractivity contribution in [3.05, 3.63) is 34.9 Å². The summed E-state index contributed by atoms with van der Waals surface area (Å²) in [6.07, 6.45) is 0. The van der Waals surface area contributed by atoms with Gasteiger partial charge in [-0.2, -0.15) is 0 Å². The molecular formula is C15H25ClIN3O. The van der Waals surface area contributed by atoms with E-state index in [4.69, 9.17) is 16.3 Å². The Kier molecular flexibility index (Phi) is 11.8. The molecule has 0 aliphatic rings. The van der Waals surface area contributed by atoms with Gasteiger partial charge in [-0.05, 0) is 23.6 Å². The summed E-state index contributed by atoms with van der Waals surface area (Å²) in [5, 5.41) is 7.21. The Morgan fingerprint density at radius 1 is 1.24 bits per heavy atom. The molecule has 0 saturated carbocycles. The van der Waals surface area contributed by atoms with E-state index in [-0.39, 0.29) is 24.0 Å². The van der Waals surface area contributed by atoms with Gasteiger partial charge in [0.15, 0.2) is 5.96 Å². The van der Waals surface area contributed by atoms with Crippen LogP contribution in [0, 0.1) is 5.92 Å². The maximum absolute atomic E-state index is 5.85. The normalized spacial score (nSPS) is 11.2. The summed E-state index contributed by atoms with van der Waals surface area (Å²) >= 11 is 5.85. The molecule has 0 radical (unpaired) electrons. The molecule has 1 aromatic carbocycles. The van der Waals surface area contributed by atoms with E-state index in [9.17, 15) is 0 Å². The number of nitrogens with one attached hydrogen (secondary N) is 2. The molecule has 0 fully saturated rings. The molecule has 0 heterocycles. The molecule has 0 aliphatic carbocycles. The highest BCUT2D eigenvalue weighted by molar-refractivity contribution is 14.0. The molecule has 21 heavy (non-hydrogen) atoms. The van der Waals surface area contributed by atoms with Crippen molar-refractivity contribution < 1.29 is 4.74 Å². The van der Waals surface area contributed by atoms with Crippen LogP contribution in [0.4, 0.5) is 0 Å². The molecule has 0 spiro atoms. The molecule has 120 valence electrons. The third kappa shape index (κ3) is 9.92. The Balaban J connectivity index is 0.00000400. The first-order chi connectivity index (χ1) is 9.61. The predicted octanol–water partition coefficient (Wildman–Crippen LogP) is 3.30. The van der Waals surface area contributed by atoms with Gasteiger partial charge in [0.25, 0.3) is 0 Å². The van der Waals surface area contributed by atoms with E-state index < -0.39 is 0 Å². The zero-order chi connectivity index (χ0) is 14.8. The standard InChI is InChI=1S/C15H24ClN3O.HI/c1-12(2)11-20-9-8-18-15(17-3)19-10-13-4-6-14(16)7-5-13;/h4-7,12H,8-11H2,1-3H3,(H2,17,18,19);1H. The molecule has 0 amide bonds. The largest absolute Gasteiger partial charge is 0.379 e. The van der Waals surface area contributed by atoms with Gasteiger partial charge in [-0.15, -0.1) is 24.0 Å². The zero-order valence-electron chi connectivity index (χ0n) is 12.9. The molecule has 0 unspecified atom stereocenters. The van der Waals surface area contributed by atoms with Gasteiger partial charge in [0.1, 0.15) is 0 Å². The fourth-order valence-electron chi connectivity index (χ4n) is 1.57. The maximum atomic E-state index is 5.85. The number of hydrogen-bond donors (Lipinski definition) is 2. The van der Waals surface area contributed by atoms with Gasteiger partial charge >= 0.3 is 0 Å². The molecule has 1 rings (SSSR count). The van der Waals surface area contributed by atoms with E-state index in [1.165, 1.54) is 0 Å². The highest BCUT2D eigenvalue weighted by atomic mass is 127. The fourth-order valence-corrected chi connectivity index (χ4v) is 1.70. The van der Waals surface area contributed by atoms with Crippen LogP contribution in [-0.2, 0) is 11.3 Å². The second kappa shape index (κ2) is 12.1. The Bertz CT molecular complexity index is 410. The summed E-state index contributed by atoms with van der Waals surface area (Å²) in [5.41, 5.74) is 1.16. The van der Waals surface area contributed by atoms with Crippen molar-refractivity contribution >= 4 is 41.5 Å². The lowest BCUT2D eigenvalue weighted by atomic mass is 10.2. The number of guanidine groups is 1. The maximum Gasteiger partial charge on any atom is 0.191 e. The number of nitrogens with zero attached hydrogens (tertiary/aromatic N) is 1. The van der Waals surface area contributed by atoms with Crippen LogP contribution in [0.1, 0.15) is 19.4 Å². The first kappa shape index (κ1) is 20.5. The van der Waals surface area contributed by atoms with Crippen molar-refractivity contribution in [2.24, 2.45) is 10.9 Å². The van der Waals surface area contributed by atoms with E-state index in [1.807, 2.05) is 24.3 Å². The van der Waals surface area contributed by atoms with E-state index >= 15 is 0 Å². The number of rotatable bonds is 7. The van der Waals surface area contributed by atoms with Crippen LogP contribution in [-0.4, -0.2) is 32.8 Å². The van der Waals surface area contributed by atoms with E-state index in [1.54, 1.807) is 7.05 Å². The van der Waals surface area contributed by atoms with Crippen molar-refractivity contribution in [3.63, 3.8) is 0 Å². The molecular weight excluding hydrogens is 401 g/mol. The average Bonchev–Trinajstić information content (AvgIpc) is 2.43. The Labute approximate surface area is 149 Å². The third-order valence-corrected chi connectivity index (χ3v) is 2.84. The van der Waals surface area contributed by atoms with E-state index in [0.29, 0.717) is 19.1 Å². The minimum Gasteiger partial charge on any atom is -0.379 e. The molecule has 2 N–H and O–H groups in total. The van der Waals surface area contributed by atoms with Crippen molar-refractivity contribution in [3.8, 4) is 0 Å². The number of aliphatic imine (C=N–C) groups is 1. The van der Waals surface area contributed by atoms with Gasteiger partial charge in [0, 0.05) is 31.8 Å². The molecule has 4 nitrogen and oxygen atoms in total. The summed E-state index contributed by atoms with van der Waals surface area (Å²) in [7, 11) is 1.76. The smallest absolute Gasteiger partial charge is 0.191 e. The van der Waals surface area contributed by atoms with Crippen LogP contribution >= 0.6 is 35.6 Å². The summed E-state index contributed by atoms with van der Waals surface area (Å²) in [4.78, 5) is 4.17. The molecule has 1 aromatic rings. The average molecular weight is 426 g/mol. The number of halogens is 2. The van der Waals surface area contributed by atoms with Crippen LogP contribution in [0.3, 0.4) is 0 Å². The van der Waals surface area contributed by atoms with Crippen LogP contribution in [0.5, 0.6) is 0 Å². The van der Waals surface area contributed by atoms with Gasteiger partial charge in [0.05, 0.1) is 6.61 Å². The lowest BCUT2D eigenvalue weighted by Crippen LogP contribution is -2.38. The summed E-state index contributed by atoms with van der Waals surface area (Å²) < 4.78 is 5.51. The number of benzene rings is 1. The summed E-state index contributed by atoms with van der Waals surface area (Å²) in [6, 6.07) is 7.76. The van der Waals surface area contributed by atoms with Gasteiger partial charge in [-0.3, -0.25) is 4.99 Å². The van der Waals surface area contributed by atoms with Gasteiger partial charge in [-0.1, -0.05) is 37.6 Å². The minimum absolute atomic E-state index is 0. The predicted molar refractivity (Wildman–Crippen MR) is 101 cm³/mol. The Morgan fingerprint density at radius 2 is 1.90 bits per heavy atom. The van der Waals surface area contributed by atoms with Crippen molar-refractivity contribution in [1.29, 1.82) is 0 Å². The van der Waals surface area contributed by atoms with Crippen molar-refractivity contribution in [2.45, 2.75) is 20.4 Å². The first-order valence-electron chi connectivity index (χ1n) is 6.88. The number of hydrogen-bond acceptors (Lipinski definition) is 2. The monoisotopic (exact) mass is 425 g/mol. The highest BCUT2D eigenvalue weighted by Gasteiger charge is 1.99. The lowest BCUT2D eigenvalue weighted by molar-refractivity contribution is 0.114. The first-order valence-corrected chi connectivity index (χ1v) is 7.26. The fraction of sp³-hybridized carbons (Fsp3) is 0.533. The summed E-state index contributed by atoms with van der Waals surface area (Å²) in [5.74, 6) is 1.34. The molecule has 0 aliphatic heterocycles. The third-order valence-electron chi connectivity index (χ3n) is 2.59. The second-order valence-corrected chi connectivity index (χ2v) is 5.38. The Morgan fingerprint density at radius 3 is 2.48 bits per heavy atom. The summed E-state index contributed by atoms with van der Waals surface area (Å²) in [6.45, 7) is 7.20. The molecule has 0 saturated heterocycles. The zero-order valence-corrected chi connectivity index (χ0v) is 15.9. The lowest BCUT2D eigenvalue weighted by Gasteiger charge is -2.12. The topological polar surface area (TPSA) is 45.7 Å². The van der Waals surface area contributed by atoms with Gasteiger partial charge < -0.3 is 15.4 Å². The van der Waals surface area contributed by atoms with Gasteiger partial charge in [-0.25, -0.2) is 0 Å². The van der Waals surface area contributed by atoms with Crippen molar-refractivity contribution in [2.75, 3.05) is 26.8 Å². The van der Waals surface area contributed by atoms with Crippen LogP contribution in [0.15, 0.2) is 29.3 Å². The van der Waals surface area contributed by atoms with Crippen LogP contribution in [0.2, 0.25) is 5.02 Å². The molecule has 0 aromatic heterocycles. The molecule has 6 heteroatoms. The minimum atomic E-state index is 0. The van der Waals surface area contributed by atoms with E-state index in [0.717, 1.165) is 29.7 Å². The van der Waals surface area contributed by atoms with E-state index in [2.05, 4.69) is 29.5 Å². The van der Waals surface area contributed by atoms with Crippen LogP contribution < -0.4 is 10.6 Å².